The summed E-state index contributed by atoms with van der Waals surface area (Å²) in [6, 6.07) is 14.1. The van der Waals surface area contributed by atoms with E-state index in [1.807, 2.05) is 18.2 Å². The maximum absolute atomic E-state index is 11.9. The standard InChI is InChI=1S/C21H26N2O4/c1-21(2,3)16-6-5-7-18(14-16)27-13-12-22-20(25)23-17-10-8-15(9-11-17)19(24)26-4/h5-11,14H,12-13H2,1-4H3,(H2,22,23,25). The smallest absolute Gasteiger partial charge is 0.337 e. The molecule has 2 N–H and O–H groups in total. The van der Waals surface area contributed by atoms with Crippen molar-refractivity contribution in [2.45, 2.75) is 26.2 Å². The summed E-state index contributed by atoms with van der Waals surface area (Å²) in [6.45, 7) is 7.18. The average molecular weight is 370 g/mol. The molecule has 144 valence electrons. The van der Waals surface area contributed by atoms with Gasteiger partial charge in [0.1, 0.15) is 12.4 Å². The first-order chi connectivity index (χ1) is 12.8. The Morgan fingerprint density at radius 2 is 1.74 bits per heavy atom. The molecule has 0 unspecified atom stereocenters. The van der Waals surface area contributed by atoms with Crippen molar-refractivity contribution in [3.05, 3.63) is 59.7 Å². The Bertz CT molecular complexity index is 780. The van der Waals surface area contributed by atoms with Gasteiger partial charge in [-0.15, -0.1) is 0 Å². The molecule has 0 radical (unpaired) electrons. The van der Waals surface area contributed by atoms with E-state index in [-0.39, 0.29) is 11.4 Å². The second-order valence-corrected chi connectivity index (χ2v) is 7.08. The molecular formula is C21H26N2O4. The molecule has 0 saturated carbocycles. The predicted molar refractivity (Wildman–Crippen MR) is 105 cm³/mol. The zero-order valence-electron chi connectivity index (χ0n) is 16.2. The van der Waals surface area contributed by atoms with E-state index >= 15 is 0 Å². The molecule has 0 aliphatic heterocycles. The molecule has 0 atom stereocenters. The minimum atomic E-state index is -0.418. The van der Waals surface area contributed by atoms with Crippen molar-refractivity contribution in [1.29, 1.82) is 0 Å². The molecule has 0 fully saturated rings. The van der Waals surface area contributed by atoms with Gasteiger partial charge in [-0.2, -0.15) is 0 Å². The van der Waals surface area contributed by atoms with Crippen LogP contribution in [0.3, 0.4) is 0 Å². The molecule has 0 aliphatic carbocycles. The van der Waals surface area contributed by atoms with E-state index in [2.05, 4.69) is 42.2 Å². The fourth-order valence-corrected chi connectivity index (χ4v) is 2.37. The van der Waals surface area contributed by atoms with E-state index in [1.165, 1.54) is 12.7 Å². The van der Waals surface area contributed by atoms with Gasteiger partial charge in [0.15, 0.2) is 0 Å². The van der Waals surface area contributed by atoms with Gasteiger partial charge in [-0.1, -0.05) is 32.9 Å². The fourth-order valence-electron chi connectivity index (χ4n) is 2.37. The molecule has 0 heterocycles. The lowest BCUT2D eigenvalue weighted by atomic mass is 9.87. The van der Waals surface area contributed by atoms with Crippen LogP contribution in [0.4, 0.5) is 10.5 Å². The van der Waals surface area contributed by atoms with E-state index in [0.717, 1.165) is 5.75 Å². The molecule has 27 heavy (non-hydrogen) atoms. The molecule has 6 nitrogen and oxygen atoms in total. The number of methoxy groups -OCH3 is 1. The Hall–Kier alpha value is -3.02. The summed E-state index contributed by atoms with van der Waals surface area (Å²) < 4.78 is 10.3. The van der Waals surface area contributed by atoms with Crippen LogP contribution >= 0.6 is 0 Å². The number of urea groups is 1. The van der Waals surface area contributed by atoms with E-state index in [4.69, 9.17) is 4.74 Å². The molecule has 2 aromatic rings. The van der Waals surface area contributed by atoms with Crippen LogP contribution in [0.2, 0.25) is 0 Å². The number of hydrogen-bond acceptors (Lipinski definition) is 4. The number of rotatable bonds is 6. The molecule has 2 aromatic carbocycles. The van der Waals surface area contributed by atoms with Gasteiger partial charge >= 0.3 is 12.0 Å². The predicted octanol–water partition coefficient (Wildman–Crippen LogP) is 3.97. The van der Waals surface area contributed by atoms with Crippen LogP contribution in [-0.4, -0.2) is 32.3 Å². The van der Waals surface area contributed by atoms with Crippen molar-refractivity contribution < 1.29 is 19.1 Å². The number of carbonyl (C=O) groups excluding carboxylic acids is 2. The first-order valence-corrected chi connectivity index (χ1v) is 8.76. The Kier molecular flexibility index (Phi) is 6.82. The van der Waals surface area contributed by atoms with Crippen molar-refractivity contribution >= 4 is 17.7 Å². The maximum Gasteiger partial charge on any atom is 0.337 e. The van der Waals surface area contributed by atoms with Crippen molar-refractivity contribution in [2.24, 2.45) is 0 Å². The van der Waals surface area contributed by atoms with Crippen LogP contribution in [0.15, 0.2) is 48.5 Å². The van der Waals surface area contributed by atoms with Crippen LogP contribution in [0.25, 0.3) is 0 Å². The first kappa shape index (κ1) is 20.3. The minimum absolute atomic E-state index is 0.0565. The van der Waals surface area contributed by atoms with Crippen LogP contribution in [0, 0.1) is 0 Å². The number of amides is 2. The molecule has 6 heteroatoms. The highest BCUT2D eigenvalue weighted by Crippen LogP contribution is 2.25. The molecule has 2 amide bonds. The number of esters is 1. The molecule has 0 saturated heterocycles. The number of ether oxygens (including phenoxy) is 2. The van der Waals surface area contributed by atoms with Gasteiger partial charge < -0.3 is 20.1 Å². The van der Waals surface area contributed by atoms with Crippen LogP contribution < -0.4 is 15.4 Å². The van der Waals surface area contributed by atoms with Gasteiger partial charge in [0.2, 0.25) is 0 Å². The van der Waals surface area contributed by atoms with E-state index in [9.17, 15) is 9.59 Å². The van der Waals surface area contributed by atoms with Crippen LogP contribution in [-0.2, 0) is 10.2 Å². The van der Waals surface area contributed by atoms with Crippen LogP contribution in [0.5, 0.6) is 5.75 Å². The number of nitrogens with one attached hydrogen (secondary N) is 2. The highest BCUT2D eigenvalue weighted by atomic mass is 16.5. The fraction of sp³-hybridized carbons (Fsp3) is 0.333. The molecule has 0 aliphatic rings. The highest BCUT2D eigenvalue weighted by Gasteiger charge is 2.13. The second kappa shape index (κ2) is 9.07. The third-order valence-corrected chi connectivity index (χ3v) is 3.92. The molecule has 0 aromatic heterocycles. The Balaban J connectivity index is 1.76. The lowest BCUT2D eigenvalue weighted by Gasteiger charge is -2.19. The van der Waals surface area contributed by atoms with Crippen molar-refractivity contribution in [2.75, 3.05) is 25.6 Å². The van der Waals surface area contributed by atoms with Gasteiger partial charge in [0, 0.05) is 5.69 Å². The SMILES string of the molecule is COC(=O)c1ccc(NC(=O)NCCOc2cccc(C(C)(C)C)c2)cc1. The molecular weight excluding hydrogens is 344 g/mol. The third-order valence-electron chi connectivity index (χ3n) is 3.92. The van der Waals surface area contributed by atoms with E-state index in [1.54, 1.807) is 24.3 Å². The second-order valence-electron chi connectivity index (χ2n) is 7.08. The van der Waals surface area contributed by atoms with Crippen LogP contribution in [0.1, 0.15) is 36.7 Å². The number of benzene rings is 2. The Labute approximate surface area is 159 Å². The van der Waals surface area contributed by atoms with E-state index < -0.39 is 5.97 Å². The summed E-state index contributed by atoms with van der Waals surface area (Å²) >= 11 is 0. The van der Waals surface area contributed by atoms with Gasteiger partial charge in [0.05, 0.1) is 19.2 Å². The maximum atomic E-state index is 11.9. The van der Waals surface area contributed by atoms with Gasteiger partial charge in [-0.05, 0) is 47.4 Å². The van der Waals surface area contributed by atoms with Gasteiger partial charge in [-0.25, -0.2) is 9.59 Å². The molecule has 0 spiro atoms. The minimum Gasteiger partial charge on any atom is -0.492 e. The summed E-state index contributed by atoms with van der Waals surface area (Å²) in [6.07, 6.45) is 0. The summed E-state index contributed by atoms with van der Waals surface area (Å²) in [7, 11) is 1.32. The Morgan fingerprint density at radius 1 is 1.04 bits per heavy atom. The van der Waals surface area contributed by atoms with Gasteiger partial charge in [-0.3, -0.25) is 0 Å². The Morgan fingerprint density at radius 3 is 2.37 bits per heavy atom. The number of anilines is 1. The monoisotopic (exact) mass is 370 g/mol. The third kappa shape index (κ3) is 6.33. The van der Waals surface area contributed by atoms with Crippen molar-refractivity contribution in [3.63, 3.8) is 0 Å². The lowest BCUT2D eigenvalue weighted by Crippen LogP contribution is -2.32. The summed E-state index contributed by atoms with van der Waals surface area (Å²) in [5, 5.41) is 5.42. The van der Waals surface area contributed by atoms with Gasteiger partial charge in [0.25, 0.3) is 0 Å². The summed E-state index contributed by atoms with van der Waals surface area (Å²) in [5.74, 6) is 0.363. The average Bonchev–Trinajstić information content (AvgIpc) is 2.65. The zero-order chi connectivity index (χ0) is 19.9. The zero-order valence-corrected chi connectivity index (χ0v) is 16.2. The van der Waals surface area contributed by atoms with Crippen molar-refractivity contribution in [3.8, 4) is 5.75 Å². The highest BCUT2D eigenvalue weighted by molar-refractivity contribution is 5.92. The largest absolute Gasteiger partial charge is 0.492 e. The first-order valence-electron chi connectivity index (χ1n) is 8.76. The molecule has 2 rings (SSSR count). The quantitative estimate of drug-likeness (QED) is 0.596. The number of carbonyl (C=O) groups is 2. The van der Waals surface area contributed by atoms with Crippen molar-refractivity contribution in [1.82, 2.24) is 5.32 Å². The summed E-state index contributed by atoms with van der Waals surface area (Å²) in [4.78, 5) is 23.3. The molecule has 0 bridgehead atoms. The van der Waals surface area contributed by atoms with E-state index in [0.29, 0.717) is 24.4 Å². The normalized spacial score (nSPS) is 10.8. The topological polar surface area (TPSA) is 76.7 Å². The number of hydrogen-bond donors (Lipinski definition) is 2. The summed E-state index contributed by atoms with van der Waals surface area (Å²) in [5.41, 5.74) is 2.26. The lowest BCUT2D eigenvalue weighted by molar-refractivity contribution is 0.0600.